The Kier molecular flexibility index (Phi) is 10.0. The lowest BCUT2D eigenvalue weighted by molar-refractivity contribution is -0.139. The van der Waals surface area contributed by atoms with Crippen LogP contribution in [0.5, 0.6) is 5.75 Å². The van der Waals surface area contributed by atoms with E-state index < -0.39 is 39.3 Å². The van der Waals surface area contributed by atoms with Gasteiger partial charge in [0.1, 0.15) is 29.7 Å². The Morgan fingerprint density at radius 3 is 2.63 bits per heavy atom. The Labute approximate surface area is 304 Å². The van der Waals surface area contributed by atoms with Crippen molar-refractivity contribution in [3.63, 3.8) is 0 Å². The van der Waals surface area contributed by atoms with Crippen molar-refractivity contribution in [2.45, 2.75) is 74.2 Å². The first-order valence-corrected chi connectivity index (χ1v) is 19.6. The minimum Gasteiger partial charge on any atom is -0.488 e. The zero-order chi connectivity index (χ0) is 36.0. The van der Waals surface area contributed by atoms with Crippen molar-refractivity contribution in [3.8, 4) is 5.75 Å². The van der Waals surface area contributed by atoms with Gasteiger partial charge in [0.2, 0.25) is 0 Å². The van der Waals surface area contributed by atoms with Gasteiger partial charge in [-0.05, 0) is 99.4 Å². The van der Waals surface area contributed by atoms with Gasteiger partial charge in [-0.2, -0.15) is 0 Å². The van der Waals surface area contributed by atoms with Crippen molar-refractivity contribution in [3.05, 3.63) is 64.7 Å². The van der Waals surface area contributed by atoms with Crippen molar-refractivity contribution in [2.24, 2.45) is 11.8 Å². The highest BCUT2D eigenvalue weighted by Crippen LogP contribution is 2.46. The topological polar surface area (TPSA) is 133 Å². The maximum atomic E-state index is 13.6. The van der Waals surface area contributed by atoms with Crippen LogP contribution in [0.2, 0.25) is 5.02 Å². The molecule has 276 valence electrons. The van der Waals surface area contributed by atoms with Crippen molar-refractivity contribution >= 4 is 39.3 Å². The van der Waals surface area contributed by atoms with E-state index in [1.54, 1.807) is 30.2 Å². The molecule has 12 nitrogen and oxygen atoms in total. The lowest BCUT2D eigenvalue weighted by atomic mass is 9.70. The summed E-state index contributed by atoms with van der Waals surface area (Å²) in [4.78, 5) is 30.6. The summed E-state index contributed by atoms with van der Waals surface area (Å²) in [5.41, 5.74) is 0.301. The van der Waals surface area contributed by atoms with Crippen LogP contribution < -0.4 is 14.4 Å². The summed E-state index contributed by atoms with van der Waals surface area (Å²) in [5.74, 6) is -0.242. The zero-order valence-corrected chi connectivity index (χ0v) is 30.8. The predicted molar refractivity (Wildman–Crippen MR) is 190 cm³/mol. The fraction of sp³-hybridized carbons (Fsp3) is 0.568. The Morgan fingerprint density at radius 1 is 1.06 bits per heavy atom. The summed E-state index contributed by atoms with van der Waals surface area (Å²) >= 11 is 6.41. The molecule has 1 saturated carbocycles. The van der Waals surface area contributed by atoms with Crippen molar-refractivity contribution in [1.29, 1.82) is 0 Å². The number of hydrogen-bond acceptors (Lipinski definition) is 10. The molecule has 1 aliphatic carbocycles. The molecule has 14 heteroatoms. The SMILES string of the molecule is CN(C(=O)O[C@H]1/C=C/COC(C)(C)C(=O)NS(=O)(=O)c2ccc3c(c2)N(C[C@@H]2CC[C@H]21)C[C@]1(CO3)OCCc2cc(Cl)ccc21)C1CCOCC1. The number of ether oxygens (including phenoxy) is 5. The number of carbonyl (C=O) groups is 2. The second kappa shape index (κ2) is 14.2. The molecule has 51 heavy (non-hydrogen) atoms. The van der Waals surface area contributed by atoms with Gasteiger partial charge in [-0.15, -0.1) is 0 Å². The average Bonchev–Trinajstić information content (AvgIpc) is 3.24. The third-order valence-electron chi connectivity index (χ3n) is 11.1. The molecule has 4 heterocycles. The van der Waals surface area contributed by atoms with E-state index in [2.05, 4.69) is 9.62 Å². The Bertz CT molecular complexity index is 1800. The first-order chi connectivity index (χ1) is 24.3. The normalized spacial score (nSPS) is 29.6. The second-order valence-electron chi connectivity index (χ2n) is 14.7. The minimum atomic E-state index is -4.28. The highest BCUT2D eigenvalue weighted by molar-refractivity contribution is 7.90. The highest BCUT2D eigenvalue weighted by Gasteiger charge is 2.46. The van der Waals surface area contributed by atoms with Crippen LogP contribution in [0.1, 0.15) is 50.7 Å². The number of anilines is 1. The third kappa shape index (κ3) is 7.33. The van der Waals surface area contributed by atoms with Crippen LogP contribution in [0.25, 0.3) is 0 Å². The van der Waals surface area contributed by atoms with Crippen molar-refractivity contribution < 1.29 is 41.7 Å². The Balaban J connectivity index is 1.26. The van der Waals surface area contributed by atoms with Crippen LogP contribution in [0.15, 0.2) is 53.4 Å². The number of benzene rings is 2. The average molecular weight is 744 g/mol. The van der Waals surface area contributed by atoms with Gasteiger partial charge in [-0.1, -0.05) is 23.7 Å². The summed E-state index contributed by atoms with van der Waals surface area (Å²) in [7, 11) is -2.50. The molecule has 2 bridgehead atoms. The molecule has 0 radical (unpaired) electrons. The smallest absolute Gasteiger partial charge is 0.410 e. The van der Waals surface area contributed by atoms with Crippen LogP contribution in [-0.2, 0) is 45.8 Å². The van der Waals surface area contributed by atoms with Gasteiger partial charge in [0, 0.05) is 43.8 Å². The maximum absolute atomic E-state index is 13.6. The molecule has 2 fully saturated rings. The summed E-state index contributed by atoms with van der Waals surface area (Å²) in [6, 6.07) is 10.5. The van der Waals surface area contributed by atoms with Crippen LogP contribution in [0, 0.1) is 11.8 Å². The lowest BCUT2D eigenvalue weighted by Crippen LogP contribution is -2.52. The predicted octanol–water partition coefficient (Wildman–Crippen LogP) is 4.82. The van der Waals surface area contributed by atoms with E-state index in [4.69, 9.17) is 35.3 Å². The number of rotatable bonds is 2. The number of hydrogen-bond donors (Lipinski definition) is 1. The molecule has 4 aliphatic heterocycles. The molecule has 4 atom stereocenters. The molecule has 7 rings (SSSR count). The summed E-state index contributed by atoms with van der Waals surface area (Å²) in [5, 5.41) is 0.646. The molecule has 2 aromatic rings. The first kappa shape index (κ1) is 36.0. The largest absolute Gasteiger partial charge is 0.488 e. The number of carbonyl (C=O) groups excluding carboxylic acids is 2. The fourth-order valence-electron chi connectivity index (χ4n) is 7.77. The minimum absolute atomic E-state index is 0.00724. The summed E-state index contributed by atoms with van der Waals surface area (Å²) in [6.45, 7) is 5.81. The lowest BCUT2D eigenvalue weighted by Gasteiger charge is -2.46. The molecular formula is C37H46ClN3O9S. The molecular weight excluding hydrogens is 698 g/mol. The van der Waals surface area contributed by atoms with E-state index in [0.29, 0.717) is 55.8 Å². The molecule has 1 N–H and O–H groups in total. The number of halogens is 1. The van der Waals surface area contributed by atoms with Crippen LogP contribution in [-0.4, -0.2) is 96.2 Å². The van der Waals surface area contributed by atoms with Crippen molar-refractivity contribution in [1.82, 2.24) is 9.62 Å². The first-order valence-electron chi connectivity index (χ1n) is 17.7. The molecule has 2 amide bonds. The van der Waals surface area contributed by atoms with Crippen LogP contribution >= 0.6 is 11.6 Å². The van der Waals surface area contributed by atoms with Gasteiger partial charge in [0.15, 0.2) is 0 Å². The summed E-state index contributed by atoms with van der Waals surface area (Å²) < 4.78 is 60.2. The molecule has 1 spiro atoms. The zero-order valence-electron chi connectivity index (χ0n) is 29.3. The molecule has 0 unspecified atom stereocenters. The van der Waals surface area contributed by atoms with Gasteiger partial charge in [0.05, 0.1) is 30.3 Å². The highest BCUT2D eigenvalue weighted by atomic mass is 35.5. The summed E-state index contributed by atoms with van der Waals surface area (Å²) in [6.07, 6.45) is 6.54. The molecule has 2 aromatic carbocycles. The van der Waals surface area contributed by atoms with Gasteiger partial charge in [0.25, 0.3) is 15.9 Å². The van der Waals surface area contributed by atoms with E-state index in [1.807, 2.05) is 24.3 Å². The molecule has 0 aromatic heterocycles. The van der Waals surface area contributed by atoms with E-state index in [9.17, 15) is 18.0 Å². The fourth-order valence-corrected chi connectivity index (χ4v) is 9.09. The number of amides is 2. The maximum Gasteiger partial charge on any atom is 0.410 e. The number of nitrogens with zero attached hydrogens (tertiary/aromatic N) is 2. The van der Waals surface area contributed by atoms with E-state index in [1.165, 1.54) is 19.9 Å². The van der Waals surface area contributed by atoms with Crippen LogP contribution in [0.4, 0.5) is 10.5 Å². The van der Waals surface area contributed by atoms with Gasteiger partial charge >= 0.3 is 6.09 Å². The number of fused-ring (bicyclic) bond motifs is 4. The van der Waals surface area contributed by atoms with Gasteiger partial charge < -0.3 is 33.5 Å². The van der Waals surface area contributed by atoms with E-state index in [0.717, 1.165) is 36.8 Å². The van der Waals surface area contributed by atoms with Crippen LogP contribution in [0.3, 0.4) is 0 Å². The number of nitrogens with one attached hydrogen (secondary N) is 1. The molecule has 1 saturated heterocycles. The Hall–Kier alpha value is -3.36. The quantitative estimate of drug-likeness (QED) is 0.427. The monoisotopic (exact) mass is 743 g/mol. The Morgan fingerprint density at radius 2 is 1.86 bits per heavy atom. The standard InChI is InChI=1S/C37H46ClN3O9S/c1-36(2)34(42)39-51(44,45)28-8-11-33-31(20-28)41(22-37(23-47-33)30-10-7-26(38)19-24(30)12-18-49-37)21-25-6-9-29(25)32(5-4-15-48-36)50-35(43)40(3)27-13-16-46-17-14-27/h4-5,7-8,10-11,19-20,25,27,29,32H,6,9,12-18,21-23H2,1-3H3,(H,39,42)/b5-4+/t25-,29+,32-,37+/m0/s1. The second-order valence-corrected chi connectivity index (χ2v) is 16.8. The van der Waals surface area contributed by atoms with E-state index in [-0.39, 0.29) is 36.0 Å². The van der Waals surface area contributed by atoms with Crippen molar-refractivity contribution in [2.75, 3.05) is 58.1 Å². The number of sulfonamides is 1. The third-order valence-corrected chi connectivity index (χ3v) is 12.6. The van der Waals surface area contributed by atoms with E-state index >= 15 is 0 Å². The van der Waals surface area contributed by atoms with Gasteiger partial charge in [-0.3, -0.25) is 4.79 Å². The molecule has 5 aliphatic rings. The van der Waals surface area contributed by atoms with Gasteiger partial charge in [-0.25, -0.2) is 17.9 Å².